The second-order valence-corrected chi connectivity index (χ2v) is 9.57. The average Bonchev–Trinajstić information content (AvgIpc) is 2.84. The molecule has 0 N–H and O–H groups in total. The molecule has 1 amide bonds. The Morgan fingerprint density at radius 2 is 1.69 bits per heavy atom. The van der Waals surface area contributed by atoms with Crippen molar-refractivity contribution in [2.45, 2.75) is 11.4 Å². The number of hydrogen-bond acceptors (Lipinski definition) is 4. The number of carbonyl (C=O) groups excluding carboxylic acids is 1. The predicted octanol–water partition coefficient (Wildman–Crippen LogP) is 3.85. The van der Waals surface area contributed by atoms with Crippen LogP contribution in [0.1, 0.15) is 16.1 Å². The molecule has 1 atom stereocenters. The molecule has 32 heavy (non-hydrogen) atoms. The fourth-order valence-corrected chi connectivity index (χ4v) is 4.83. The van der Waals surface area contributed by atoms with Crippen LogP contribution >= 0.6 is 11.6 Å². The summed E-state index contributed by atoms with van der Waals surface area (Å²) in [6.45, 7) is 3.51. The van der Waals surface area contributed by atoms with Crippen molar-refractivity contribution >= 4 is 34.2 Å². The molecule has 8 heteroatoms. The van der Waals surface area contributed by atoms with Gasteiger partial charge in [-0.05, 0) is 49.0 Å². The number of piperazine rings is 1. The van der Waals surface area contributed by atoms with E-state index in [-0.39, 0.29) is 5.91 Å². The van der Waals surface area contributed by atoms with Crippen molar-refractivity contribution in [3.05, 3.63) is 89.2 Å². The van der Waals surface area contributed by atoms with E-state index < -0.39 is 11.0 Å². The lowest BCUT2D eigenvalue weighted by Crippen LogP contribution is -2.47. The van der Waals surface area contributed by atoms with E-state index >= 15 is 0 Å². The fraction of sp³-hybridized carbons (Fsp3) is 0.250. The molecule has 1 saturated heterocycles. The zero-order valence-corrected chi connectivity index (χ0v) is 19.4. The Morgan fingerprint density at radius 3 is 2.31 bits per heavy atom. The number of halogens is 1. The third-order valence-corrected chi connectivity index (χ3v) is 7.10. The summed E-state index contributed by atoms with van der Waals surface area (Å²) in [6, 6.07) is 20.3. The maximum absolute atomic E-state index is 13.4. The van der Waals surface area contributed by atoms with Gasteiger partial charge in [0.25, 0.3) is 5.91 Å². The number of carbonyl (C=O) groups is 1. The Hall–Kier alpha value is -2.74. The number of aromatic nitrogens is 1. The molecule has 3 aromatic rings. The third-order valence-electron chi connectivity index (χ3n) is 5.43. The maximum Gasteiger partial charge on any atom is 0.272 e. The first-order valence-electron chi connectivity index (χ1n) is 10.4. The largest absolute Gasteiger partial charge is 0.335 e. The summed E-state index contributed by atoms with van der Waals surface area (Å²) in [5.41, 5.74) is 2.04. The van der Waals surface area contributed by atoms with Gasteiger partial charge in [-0.15, -0.1) is 0 Å². The van der Waals surface area contributed by atoms with E-state index in [4.69, 9.17) is 11.6 Å². The molecule has 166 valence electrons. The summed E-state index contributed by atoms with van der Waals surface area (Å²) < 4.78 is 15.2. The number of pyridine rings is 1. The molecule has 1 aliphatic rings. The Balaban J connectivity index is 1.58. The Morgan fingerprint density at radius 1 is 1.00 bits per heavy atom. The summed E-state index contributed by atoms with van der Waals surface area (Å²) in [5.74, 6) is -0.0712. The van der Waals surface area contributed by atoms with E-state index in [1.807, 2.05) is 65.6 Å². The summed E-state index contributed by atoms with van der Waals surface area (Å²) in [5, 5.41) is 0.651. The Kier molecular flexibility index (Phi) is 7.19. The van der Waals surface area contributed by atoms with Crippen LogP contribution in [0.4, 0.5) is 5.69 Å². The molecule has 2 heterocycles. The zero-order chi connectivity index (χ0) is 22.5. The first-order valence-corrected chi connectivity index (χ1v) is 11.9. The molecule has 0 radical (unpaired) electrons. The smallest absolute Gasteiger partial charge is 0.272 e. The van der Waals surface area contributed by atoms with Gasteiger partial charge in [-0.2, -0.15) is 0 Å². The van der Waals surface area contributed by atoms with Gasteiger partial charge in [-0.3, -0.25) is 9.10 Å². The van der Waals surface area contributed by atoms with Crippen LogP contribution in [0.25, 0.3) is 0 Å². The van der Waals surface area contributed by atoms with E-state index in [0.717, 1.165) is 18.7 Å². The summed E-state index contributed by atoms with van der Waals surface area (Å²) >= 11 is 6.02. The number of anilines is 1. The Labute approximate surface area is 196 Å². The van der Waals surface area contributed by atoms with Crippen LogP contribution in [0.3, 0.4) is 0 Å². The van der Waals surface area contributed by atoms with E-state index in [0.29, 0.717) is 40.9 Å². The standard InChI is InChI=1S/C24H25ClN4O2S/c1-27-13-15-28(16-14-27)24(30)23-12-11-21(17-26-23)29(18-19-7-9-20(25)10-8-19)32(31)22-5-3-2-4-6-22/h2-12,17H,13-16,18H2,1H3. The molecule has 0 aliphatic carbocycles. The fourth-order valence-electron chi connectivity index (χ4n) is 3.50. The van der Waals surface area contributed by atoms with Gasteiger partial charge in [0.05, 0.1) is 23.3 Å². The lowest BCUT2D eigenvalue weighted by atomic mass is 10.2. The average molecular weight is 469 g/mol. The summed E-state index contributed by atoms with van der Waals surface area (Å²) in [7, 11) is 0.608. The number of amides is 1. The van der Waals surface area contributed by atoms with Crippen LogP contribution in [0.2, 0.25) is 5.02 Å². The van der Waals surface area contributed by atoms with E-state index in [1.165, 1.54) is 0 Å². The highest BCUT2D eigenvalue weighted by Gasteiger charge is 2.22. The van der Waals surface area contributed by atoms with Crippen LogP contribution < -0.4 is 4.31 Å². The molecule has 1 fully saturated rings. The molecule has 0 bridgehead atoms. The lowest BCUT2D eigenvalue weighted by molar-refractivity contribution is 0.0658. The van der Waals surface area contributed by atoms with E-state index in [9.17, 15) is 9.00 Å². The second kappa shape index (κ2) is 10.3. The van der Waals surface area contributed by atoms with Crippen molar-refractivity contribution in [1.82, 2.24) is 14.8 Å². The second-order valence-electron chi connectivity index (χ2n) is 7.72. The minimum absolute atomic E-state index is 0.0712. The van der Waals surface area contributed by atoms with Crippen molar-refractivity contribution in [3.8, 4) is 0 Å². The minimum atomic E-state index is -1.44. The quantitative estimate of drug-likeness (QED) is 0.551. The van der Waals surface area contributed by atoms with Crippen LogP contribution in [-0.2, 0) is 17.5 Å². The number of nitrogens with zero attached hydrogens (tertiary/aromatic N) is 4. The van der Waals surface area contributed by atoms with Gasteiger partial charge in [0.15, 0.2) is 11.0 Å². The molecule has 0 spiro atoms. The van der Waals surface area contributed by atoms with Crippen molar-refractivity contribution in [1.29, 1.82) is 0 Å². The summed E-state index contributed by atoms with van der Waals surface area (Å²) in [6.07, 6.45) is 1.63. The van der Waals surface area contributed by atoms with Crippen molar-refractivity contribution in [3.63, 3.8) is 0 Å². The zero-order valence-electron chi connectivity index (χ0n) is 17.9. The molecular weight excluding hydrogens is 444 g/mol. The molecule has 4 rings (SSSR count). The van der Waals surface area contributed by atoms with Gasteiger partial charge in [0.1, 0.15) is 5.69 Å². The number of hydrogen-bond donors (Lipinski definition) is 0. The van der Waals surface area contributed by atoms with E-state index in [1.54, 1.807) is 16.6 Å². The van der Waals surface area contributed by atoms with Crippen LogP contribution in [-0.4, -0.2) is 58.1 Å². The summed E-state index contributed by atoms with van der Waals surface area (Å²) in [4.78, 5) is 22.0. The first-order chi connectivity index (χ1) is 15.5. The number of benzene rings is 2. The van der Waals surface area contributed by atoms with Gasteiger partial charge in [-0.25, -0.2) is 9.19 Å². The molecule has 0 saturated carbocycles. The maximum atomic E-state index is 13.4. The van der Waals surface area contributed by atoms with Crippen molar-refractivity contribution in [2.24, 2.45) is 0 Å². The minimum Gasteiger partial charge on any atom is -0.335 e. The van der Waals surface area contributed by atoms with Gasteiger partial charge in [0.2, 0.25) is 0 Å². The van der Waals surface area contributed by atoms with Crippen molar-refractivity contribution < 1.29 is 9.00 Å². The topological polar surface area (TPSA) is 56.8 Å². The molecule has 1 unspecified atom stereocenters. The number of rotatable bonds is 6. The van der Waals surface area contributed by atoms with Gasteiger partial charge >= 0.3 is 0 Å². The molecule has 1 aromatic heterocycles. The van der Waals surface area contributed by atoms with Crippen molar-refractivity contribution in [2.75, 3.05) is 37.5 Å². The lowest BCUT2D eigenvalue weighted by Gasteiger charge is -2.32. The normalized spacial score (nSPS) is 15.4. The van der Waals surface area contributed by atoms with Crippen LogP contribution in [0.5, 0.6) is 0 Å². The molecule has 1 aliphatic heterocycles. The monoisotopic (exact) mass is 468 g/mol. The predicted molar refractivity (Wildman–Crippen MR) is 128 cm³/mol. The van der Waals surface area contributed by atoms with Gasteiger partial charge in [0, 0.05) is 31.2 Å². The van der Waals surface area contributed by atoms with Gasteiger partial charge < -0.3 is 9.80 Å². The third kappa shape index (κ3) is 5.35. The number of likely N-dealkylation sites (N-methyl/N-ethyl adjacent to an activating group) is 1. The highest BCUT2D eigenvalue weighted by atomic mass is 35.5. The van der Waals surface area contributed by atoms with Crippen LogP contribution in [0.15, 0.2) is 77.8 Å². The molecular formula is C24H25ClN4O2S. The van der Waals surface area contributed by atoms with Gasteiger partial charge in [-0.1, -0.05) is 41.9 Å². The van der Waals surface area contributed by atoms with Crippen LogP contribution in [0, 0.1) is 0 Å². The first kappa shape index (κ1) is 22.5. The molecule has 6 nitrogen and oxygen atoms in total. The highest BCUT2D eigenvalue weighted by molar-refractivity contribution is 7.86. The Bertz CT molecular complexity index is 1070. The molecule has 2 aromatic carbocycles. The van der Waals surface area contributed by atoms with E-state index in [2.05, 4.69) is 16.9 Å². The highest BCUT2D eigenvalue weighted by Crippen LogP contribution is 2.24. The SMILES string of the molecule is CN1CCN(C(=O)c2ccc(N(Cc3ccc(Cl)cc3)S(=O)c3ccccc3)cn2)CC1.